The van der Waals surface area contributed by atoms with Crippen molar-refractivity contribution in [3.63, 3.8) is 0 Å². The molecule has 5 heteroatoms. The zero-order valence-corrected chi connectivity index (χ0v) is 10.7. The van der Waals surface area contributed by atoms with E-state index in [2.05, 4.69) is 5.32 Å². The molecule has 2 nitrogen and oxygen atoms in total. The summed E-state index contributed by atoms with van der Waals surface area (Å²) in [5.74, 6) is 0.883. The minimum atomic E-state index is -4.31. The minimum Gasteiger partial charge on any atom is -0.482 e. The van der Waals surface area contributed by atoms with Crippen LogP contribution in [0.4, 0.5) is 18.9 Å². The normalized spacial score (nSPS) is 16.6. The highest BCUT2D eigenvalue weighted by molar-refractivity contribution is 5.56. The lowest BCUT2D eigenvalue weighted by Crippen LogP contribution is -2.20. The van der Waals surface area contributed by atoms with E-state index in [4.69, 9.17) is 4.74 Å². The molecule has 0 unspecified atom stereocenters. The topological polar surface area (TPSA) is 21.3 Å². The number of halogens is 3. The number of para-hydroxylation sites is 2. The Morgan fingerprint density at radius 2 is 1.84 bits per heavy atom. The first-order valence-corrected chi connectivity index (χ1v) is 6.57. The highest BCUT2D eigenvalue weighted by Gasteiger charge is 2.28. The van der Waals surface area contributed by atoms with Gasteiger partial charge in [-0.2, -0.15) is 13.2 Å². The first-order chi connectivity index (χ1) is 9.04. The van der Waals surface area contributed by atoms with E-state index in [-0.39, 0.29) is 5.75 Å². The molecule has 0 bridgehead atoms. The summed E-state index contributed by atoms with van der Waals surface area (Å²) in [4.78, 5) is 0. The van der Waals surface area contributed by atoms with E-state index in [0.717, 1.165) is 6.54 Å². The van der Waals surface area contributed by atoms with Crippen LogP contribution in [0.15, 0.2) is 24.3 Å². The summed E-state index contributed by atoms with van der Waals surface area (Å²) in [5, 5.41) is 3.20. The third kappa shape index (κ3) is 4.65. The maximum Gasteiger partial charge on any atom is 0.422 e. The number of rotatable bonds is 5. The molecule has 0 radical (unpaired) electrons. The van der Waals surface area contributed by atoms with Crippen LogP contribution in [0, 0.1) is 5.92 Å². The van der Waals surface area contributed by atoms with E-state index in [0.29, 0.717) is 11.6 Å². The molecule has 0 atom stereocenters. The van der Waals surface area contributed by atoms with Crippen LogP contribution >= 0.6 is 0 Å². The average molecular weight is 273 g/mol. The molecule has 0 heterocycles. The lowest BCUT2D eigenvalue weighted by Gasteiger charge is -2.16. The van der Waals surface area contributed by atoms with Crippen molar-refractivity contribution in [1.82, 2.24) is 0 Å². The molecule has 106 valence electrons. The van der Waals surface area contributed by atoms with E-state index >= 15 is 0 Å². The number of benzene rings is 1. The van der Waals surface area contributed by atoms with Gasteiger partial charge < -0.3 is 10.1 Å². The summed E-state index contributed by atoms with van der Waals surface area (Å²) >= 11 is 0. The van der Waals surface area contributed by atoms with Crippen LogP contribution < -0.4 is 10.1 Å². The summed E-state index contributed by atoms with van der Waals surface area (Å²) in [6, 6.07) is 6.77. The summed E-state index contributed by atoms with van der Waals surface area (Å²) in [6.07, 6.45) is 0.576. The van der Waals surface area contributed by atoms with Crippen LogP contribution in [0.3, 0.4) is 0 Å². The Hall–Kier alpha value is -1.39. The fourth-order valence-corrected chi connectivity index (χ4v) is 2.37. The molecule has 1 aliphatic carbocycles. The molecule has 0 saturated heterocycles. The molecular weight excluding hydrogens is 255 g/mol. The second kappa shape index (κ2) is 6.17. The monoisotopic (exact) mass is 273 g/mol. The molecule has 1 aliphatic rings. The van der Waals surface area contributed by atoms with Crippen molar-refractivity contribution >= 4 is 5.69 Å². The van der Waals surface area contributed by atoms with Crippen LogP contribution in [0.1, 0.15) is 25.7 Å². The molecule has 0 aliphatic heterocycles. The van der Waals surface area contributed by atoms with Gasteiger partial charge >= 0.3 is 6.18 Å². The van der Waals surface area contributed by atoms with Gasteiger partial charge in [-0.3, -0.25) is 0 Å². The van der Waals surface area contributed by atoms with Crippen molar-refractivity contribution in [1.29, 1.82) is 0 Å². The van der Waals surface area contributed by atoms with Crippen molar-refractivity contribution in [2.45, 2.75) is 31.9 Å². The first kappa shape index (κ1) is 14.0. The van der Waals surface area contributed by atoms with E-state index < -0.39 is 12.8 Å². The van der Waals surface area contributed by atoms with Gasteiger partial charge in [0.05, 0.1) is 5.69 Å². The fraction of sp³-hybridized carbons (Fsp3) is 0.571. The van der Waals surface area contributed by atoms with Crippen LogP contribution in [-0.2, 0) is 0 Å². The number of hydrogen-bond acceptors (Lipinski definition) is 2. The van der Waals surface area contributed by atoms with Crippen LogP contribution in [-0.4, -0.2) is 19.3 Å². The van der Waals surface area contributed by atoms with Crippen LogP contribution in [0.25, 0.3) is 0 Å². The second-order valence-corrected chi connectivity index (χ2v) is 4.93. The highest BCUT2D eigenvalue weighted by Crippen LogP contribution is 2.29. The minimum absolute atomic E-state index is 0.262. The SMILES string of the molecule is FC(F)(F)COc1ccccc1NCC1CCCC1. The van der Waals surface area contributed by atoms with Gasteiger partial charge in [0.1, 0.15) is 5.75 Å². The lowest BCUT2D eigenvalue weighted by molar-refractivity contribution is -0.153. The molecule has 1 aromatic rings. The van der Waals surface area contributed by atoms with Crippen molar-refractivity contribution in [2.24, 2.45) is 5.92 Å². The Balaban J connectivity index is 1.91. The molecule has 1 saturated carbocycles. The van der Waals surface area contributed by atoms with Crippen molar-refractivity contribution in [2.75, 3.05) is 18.5 Å². The second-order valence-electron chi connectivity index (χ2n) is 4.93. The average Bonchev–Trinajstić information content (AvgIpc) is 2.87. The van der Waals surface area contributed by atoms with Gasteiger partial charge in [-0.15, -0.1) is 0 Å². The number of hydrogen-bond donors (Lipinski definition) is 1. The third-order valence-electron chi connectivity index (χ3n) is 3.33. The van der Waals surface area contributed by atoms with Gasteiger partial charge in [0, 0.05) is 6.54 Å². The third-order valence-corrected chi connectivity index (χ3v) is 3.33. The fourth-order valence-electron chi connectivity index (χ4n) is 2.37. The predicted molar refractivity (Wildman–Crippen MR) is 68.4 cm³/mol. The van der Waals surface area contributed by atoms with E-state index in [1.807, 2.05) is 0 Å². The molecule has 1 aromatic carbocycles. The van der Waals surface area contributed by atoms with Gasteiger partial charge in [0.15, 0.2) is 6.61 Å². The Bertz CT molecular complexity index is 400. The Morgan fingerprint density at radius 1 is 1.16 bits per heavy atom. The zero-order valence-electron chi connectivity index (χ0n) is 10.7. The molecule has 0 spiro atoms. The quantitative estimate of drug-likeness (QED) is 0.866. The van der Waals surface area contributed by atoms with E-state index in [1.165, 1.54) is 25.7 Å². The zero-order chi connectivity index (χ0) is 13.7. The predicted octanol–water partition coefficient (Wildman–Crippen LogP) is 4.23. The maximum atomic E-state index is 12.2. The Labute approximate surface area is 111 Å². The largest absolute Gasteiger partial charge is 0.482 e. The molecular formula is C14H18F3NO. The van der Waals surface area contributed by atoms with Crippen LogP contribution in [0.2, 0.25) is 0 Å². The smallest absolute Gasteiger partial charge is 0.422 e. The summed E-state index contributed by atoms with van der Waals surface area (Å²) in [6.45, 7) is -0.457. The van der Waals surface area contributed by atoms with E-state index in [1.54, 1.807) is 24.3 Å². The summed E-state index contributed by atoms with van der Waals surface area (Å²) in [5.41, 5.74) is 0.638. The molecule has 1 N–H and O–H groups in total. The number of alkyl halides is 3. The number of anilines is 1. The Morgan fingerprint density at radius 3 is 2.53 bits per heavy atom. The van der Waals surface area contributed by atoms with Gasteiger partial charge in [-0.05, 0) is 30.9 Å². The lowest BCUT2D eigenvalue weighted by atomic mass is 10.1. The van der Waals surface area contributed by atoms with Crippen molar-refractivity contribution in [3.05, 3.63) is 24.3 Å². The van der Waals surface area contributed by atoms with Gasteiger partial charge in [0.2, 0.25) is 0 Å². The highest BCUT2D eigenvalue weighted by atomic mass is 19.4. The molecule has 0 amide bonds. The maximum absolute atomic E-state index is 12.2. The molecule has 2 rings (SSSR count). The summed E-state index contributed by atoms with van der Waals surface area (Å²) in [7, 11) is 0. The standard InChI is InChI=1S/C14H18F3NO/c15-14(16,17)10-19-13-8-4-3-7-12(13)18-9-11-5-1-2-6-11/h3-4,7-8,11,18H,1-2,5-6,9-10H2. The number of ether oxygens (including phenoxy) is 1. The molecule has 1 fully saturated rings. The van der Waals surface area contributed by atoms with E-state index in [9.17, 15) is 13.2 Å². The van der Waals surface area contributed by atoms with Gasteiger partial charge in [-0.25, -0.2) is 0 Å². The number of nitrogens with one attached hydrogen (secondary N) is 1. The van der Waals surface area contributed by atoms with Crippen molar-refractivity contribution < 1.29 is 17.9 Å². The van der Waals surface area contributed by atoms with Crippen LogP contribution in [0.5, 0.6) is 5.75 Å². The molecule has 0 aromatic heterocycles. The Kier molecular flexibility index (Phi) is 4.56. The molecule has 19 heavy (non-hydrogen) atoms. The summed E-state index contributed by atoms with van der Waals surface area (Å²) < 4.78 is 41.3. The van der Waals surface area contributed by atoms with Crippen molar-refractivity contribution in [3.8, 4) is 5.75 Å². The van der Waals surface area contributed by atoms with Gasteiger partial charge in [-0.1, -0.05) is 25.0 Å². The van der Waals surface area contributed by atoms with Gasteiger partial charge in [0.25, 0.3) is 0 Å². The first-order valence-electron chi connectivity index (χ1n) is 6.57.